The highest BCUT2D eigenvalue weighted by molar-refractivity contribution is 6.51. The summed E-state index contributed by atoms with van der Waals surface area (Å²) in [6, 6.07) is 13.8. The number of benzene rings is 2. The number of ketones is 1. The van der Waals surface area contributed by atoms with Gasteiger partial charge < -0.3 is 19.0 Å². The Hall–Kier alpha value is -3.71. The van der Waals surface area contributed by atoms with Crippen molar-refractivity contribution in [3.05, 3.63) is 82.8 Å². The smallest absolute Gasteiger partial charge is 0.300 e. The van der Waals surface area contributed by atoms with Gasteiger partial charge in [0.1, 0.15) is 29.1 Å². The largest absolute Gasteiger partial charge is 0.507 e. The first-order chi connectivity index (χ1) is 15.8. The number of rotatable bonds is 6. The van der Waals surface area contributed by atoms with Gasteiger partial charge in [-0.3, -0.25) is 14.5 Å². The Morgan fingerprint density at radius 1 is 1.09 bits per heavy atom. The van der Waals surface area contributed by atoms with Crippen LogP contribution in [0.1, 0.15) is 31.2 Å². The van der Waals surface area contributed by atoms with Gasteiger partial charge in [-0.15, -0.1) is 0 Å². The fraction of sp³-hybridized carbons (Fsp3) is 0.200. The van der Waals surface area contributed by atoms with E-state index in [1.807, 2.05) is 13.8 Å². The molecule has 1 amide bonds. The van der Waals surface area contributed by atoms with Crippen LogP contribution in [0.4, 0.5) is 5.69 Å². The predicted octanol–water partition coefficient (Wildman–Crippen LogP) is 5.36. The Balaban J connectivity index is 1.86. The number of amides is 1. The minimum atomic E-state index is -0.987. The van der Waals surface area contributed by atoms with Crippen LogP contribution in [-0.2, 0) is 9.59 Å². The minimum absolute atomic E-state index is 0.0131. The molecule has 0 spiro atoms. The average Bonchev–Trinajstić information content (AvgIpc) is 3.41. The van der Waals surface area contributed by atoms with Gasteiger partial charge in [-0.05, 0) is 68.4 Å². The monoisotopic (exact) mass is 467 g/mol. The highest BCUT2D eigenvalue weighted by Gasteiger charge is 2.48. The maximum Gasteiger partial charge on any atom is 0.300 e. The van der Waals surface area contributed by atoms with E-state index in [1.165, 1.54) is 24.3 Å². The first kappa shape index (κ1) is 22.5. The van der Waals surface area contributed by atoms with Crippen LogP contribution in [-0.4, -0.2) is 30.0 Å². The topological polar surface area (TPSA) is 89.2 Å². The molecule has 4 rings (SSSR count). The van der Waals surface area contributed by atoms with Crippen molar-refractivity contribution in [1.29, 1.82) is 0 Å². The van der Waals surface area contributed by atoms with Crippen molar-refractivity contribution in [2.45, 2.75) is 26.0 Å². The molecule has 7 nitrogen and oxygen atoms in total. The SMILES string of the molecule is COc1ccc(Cl)c(/C(O)=C2/C(=O)C(=O)N(c3ccc(OC(C)C)cc3)C2c2ccco2)c1. The molecule has 1 aliphatic rings. The zero-order valence-corrected chi connectivity index (χ0v) is 19.0. The first-order valence-corrected chi connectivity index (χ1v) is 10.6. The lowest BCUT2D eigenvalue weighted by Crippen LogP contribution is -2.29. The molecule has 3 aromatic rings. The molecule has 1 N–H and O–H groups in total. The highest BCUT2D eigenvalue weighted by atomic mass is 35.5. The van der Waals surface area contributed by atoms with Crippen LogP contribution >= 0.6 is 11.6 Å². The van der Waals surface area contributed by atoms with Crippen LogP contribution in [0.5, 0.6) is 11.5 Å². The Labute approximate surface area is 195 Å². The third kappa shape index (κ3) is 4.19. The van der Waals surface area contributed by atoms with E-state index in [1.54, 1.807) is 48.5 Å². The molecule has 1 aliphatic heterocycles. The molecule has 0 bridgehead atoms. The summed E-state index contributed by atoms with van der Waals surface area (Å²) < 4.78 is 16.4. The Kier molecular flexibility index (Phi) is 6.16. The lowest BCUT2D eigenvalue weighted by atomic mass is 9.99. The number of anilines is 1. The molecule has 1 fully saturated rings. The number of nitrogens with zero attached hydrogens (tertiary/aromatic N) is 1. The van der Waals surface area contributed by atoms with E-state index in [-0.39, 0.29) is 22.3 Å². The molecule has 0 radical (unpaired) electrons. The quantitative estimate of drug-likeness (QED) is 0.298. The van der Waals surface area contributed by atoms with Gasteiger partial charge in [-0.2, -0.15) is 0 Å². The third-order valence-electron chi connectivity index (χ3n) is 5.17. The normalized spacial score (nSPS) is 17.6. The van der Waals surface area contributed by atoms with Gasteiger partial charge in [0.25, 0.3) is 11.7 Å². The summed E-state index contributed by atoms with van der Waals surface area (Å²) >= 11 is 6.30. The van der Waals surface area contributed by atoms with Gasteiger partial charge >= 0.3 is 0 Å². The van der Waals surface area contributed by atoms with Crippen LogP contribution in [0.25, 0.3) is 5.76 Å². The number of methoxy groups -OCH3 is 1. The van der Waals surface area contributed by atoms with Crippen LogP contribution < -0.4 is 14.4 Å². The van der Waals surface area contributed by atoms with Crippen molar-refractivity contribution in [3.63, 3.8) is 0 Å². The molecule has 1 saturated heterocycles. The van der Waals surface area contributed by atoms with E-state index in [9.17, 15) is 14.7 Å². The van der Waals surface area contributed by atoms with Gasteiger partial charge in [0, 0.05) is 11.3 Å². The standard InChI is InChI=1S/C25H22ClNO6/c1-14(2)33-16-8-6-15(7-9-16)27-22(20-5-4-12-32-20)21(24(29)25(27)30)23(28)18-13-17(31-3)10-11-19(18)26/h4-14,22,28H,1-3H3/b23-21-. The van der Waals surface area contributed by atoms with Crippen LogP contribution in [0.3, 0.4) is 0 Å². The van der Waals surface area contributed by atoms with E-state index in [0.717, 1.165) is 0 Å². The third-order valence-corrected chi connectivity index (χ3v) is 5.50. The maximum absolute atomic E-state index is 13.1. The van der Waals surface area contributed by atoms with Crippen molar-refractivity contribution in [2.24, 2.45) is 0 Å². The number of halogens is 1. The van der Waals surface area contributed by atoms with Crippen molar-refractivity contribution in [1.82, 2.24) is 0 Å². The number of aliphatic hydroxyl groups is 1. The van der Waals surface area contributed by atoms with E-state index in [2.05, 4.69) is 0 Å². The fourth-order valence-corrected chi connectivity index (χ4v) is 3.94. The van der Waals surface area contributed by atoms with Gasteiger partial charge in [0.15, 0.2) is 0 Å². The molecular weight excluding hydrogens is 446 g/mol. The lowest BCUT2D eigenvalue weighted by Gasteiger charge is -2.23. The molecule has 8 heteroatoms. The second kappa shape index (κ2) is 9.03. The number of hydrogen-bond acceptors (Lipinski definition) is 6. The van der Waals surface area contributed by atoms with E-state index in [0.29, 0.717) is 22.9 Å². The highest BCUT2D eigenvalue weighted by Crippen LogP contribution is 2.43. The van der Waals surface area contributed by atoms with E-state index < -0.39 is 23.5 Å². The molecule has 0 saturated carbocycles. The predicted molar refractivity (Wildman–Crippen MR) is 124 cm³/mol. The van der Waals surface area contributed by atoms with Crippen molar-refractivity contribution >= 4 is 34.7 Å². The first-order valence-electron chi connectivity index (χ1n) is 10.3. The second-order valence-electron chi connectivity index (χ2n) is 7.69. The fourth-order valence-electron chi connectivity index (χ4n) is 3.73. The van der Waals surface area contributed by atoms with E-state index >= 15 is 0 Å². The molecule has 2 aromatic carbocycles. The molecule has 1 unspecified atom stereocenters. The number of ether oxygens (including phenoxy) is 2. The number of carbonyl (C=O) groups is 2. The molecular formula is C25H22ClNO6. The summed E-state index contributed by atoms with van der Waals surface area (Å²) in [5, 5.41) is 11.4. The molecule has 170 valence electrons. The number of carbonyl (C=O) groups excluding carboxylic acids is 2. The van der Waals surface area contributed by atoms with Crippen molar-refractivity contribution < 1.29 is 28.6 Å². The van der Waals surface area contributed by atoms with Gasteiger partial charge in [0.05, 0.1) is 30.1 Å². The average molecular weight is 468 g/mol. The van der Waals surface area contributed by atoms with Crippen molar-refractivity contribution in [3.8, 4) is 11.5 Å². The molecule has 2 heterocycles. The number of hydrogen-bond donors (Lipinski definition) is 1. The molecule has 33 heavy (non-hydrogen) atoms. The lowest BCUT2D eigenvalue weighted by molar-refractivity contribution is -0.132. The Bertz CT molecular complexity index is 1210. The summed E-state index contributed by atoms with van der Waals surface area (Å²) in [6.07, 6.45) is 1.42. The summed E-state index contributed by atoms with van der Waals surface area (Å²) in [7, 11) is 1.47. The van der Waals surface area contributed by atoms with Crippen LogP contribution in [0, 0.1) is 0 Å². The summed E-state index contributed by atoms with van der Waals surface area (Å²) in [6.45, 7) is 3.82. The molecule has 1 aromatic heterocycles. The number of Topliss-reactive ketones (excluding diaryl/α,β-unsaturated/α-hetero) is 1. The zero-order chi connectivity index (χ0) is 23.7. The summed E-state index contributed by atoms with van der Waals surface area (Å²) in [4.78, 5) is 27.6. The maximum atomic E-state index is 13.1. The minimum Gasteiger partial charge on any atom is -0.507 e. The van der Waals surface area contributed by atoms with Crippen molar-refractivity contribution in [2.75, 3.05) is 12.0 Å². The summed E-state index contributed by atoms with van der Waals surface area (Å²) in [5.41, 5.74) is 0.490. The van der Waals surface area contributed by atoms with Crippen LogP contribution in [0.15, 0.2) is 70.9 Å². The van der Waals surface area contributed by atoms with Gasteiger partial charge in [-0.1, -0.05) is 11.6 Å². The molecule has 0 aliphatic carbocycles. The number of aliphatic hydroxyl groups excluding tert-OH is 1. The zero-order valence-electron chi connectivity index (χ0n) is 18.2. The number of furan rings is 1. The van der Waals surface area contributed by atoms with Gasteiger partial charge in [-0.25, -0.2) is 0 Å². The van der Waals surface area contributed by atoms with Gasteiger partial charge in [0.2, 0.25) is 0 Å². The Morgan fingerprint density at radius 2 is 1.79 bits per heavy atom. The van der Waals surface area contributed by atoms with E-state index in [4.69, 9.17) is 25.5 Å². The Morgan fingerprint density at radius 3 is 2.39 bits per heavy atom. The summed E-state index contributed by atoms with van der Waals surface area (Å²) in [5.74, 6) is -0.684. The van der Waals surface area contributed by atoms with Crippen LogP contribution in [0.2, 0.25) is 5.02 Å². The second-order valence-corrected chi connectivity index (χ2v) is 8.10. The molecule has 1 atom stereocenters.